The van der Waals surface area contributed by atoms with Crippen LogP contribution in [0.4, 0.5) is 5.69 Å². The molecule has 1 aliphatic rings. The lowest BCUT2D eigenvalue weighted by Crippen LogP contribution is -2.42. The monoisotopic (exact) mass is 451 g/mol. The number of rotatable bonds is 6. The fraction of sp³-hybridized carbons (Fsp3) is 0.241. The first kappa shape index (κ1) is 22.1. The van der Waals surface area contributed by atoms with Crippen LogP contribution < -0.4 is 4.90 Å². The van der Waals surface area contributed by atoms with Gasteiger partial charge in [0.05, 0.1) is 20.1 Å². The molecule has 0 bridgehead atoms. The van der Waals surface area contributed by atoms with Crippen molar-refractivity contribution >= 4 is 34.3 Å². The van der Waals surface area contributed by atoms with Crippen LogP contribution >= 0.6 is 0 Å². The summed E-state index contributed by atoms with van der Waals surface area (Å²) < 4.78 is 6.99. The molecule has 0 unspecified atom stereocenters. The lowest BCUT2D eigenvalue weighted by atomic mass is 9.94. The van der Waals surface area contributed by atoms with Crippen molar-refractivity contribution < 1.29 is 8.90 Å². The Bertz CT molecular complexity index is 1340. The second-order valence-corrected chi connectivity index (χ2v) is 9.19. The summed E-state index contributed by atoms with van der Waals surface area (Å²) in [4.78, 5) is 11.1. The predicted octanol–water partition coefficient (Wildman–Crippen LogP) is 6.24. The van der Waals surface area contributed by atoms with E-state index in [1.165, 1.54) is 11.1 Å². The van der Waals surface area contributed by atoms with Crippen LogP contribution in [-0.2, 0) is 6.54 Å². The topological polar surface area (TPSA) is 42.2 Å². The van der Waals surface area contributed by atoms with Gasteiger partial charge in [-0.3, -0.25) is 0 Å². The van der Waals surface area contributed by atoms with Gasteiger partial charge in [-0.2, -0.15) is 4.98 Å². The van der Waals surface area contributed by atoms with Crippen LogP contribution in [0.3, 0.4) is 0 Å². The Labute approximate surface area is 201 Å². The smallest absolute Gasteiger partial charge is 0.222 e. The first-order valence-electron chi connectivity index (χ1n) is 11.9. The number of fused-ring (bicyclic) bond motifs is 2. The van der Waals surface area contributed by atoms with Crippen LogP contribution in [0.2, 0.25) is 0 Å². The van der Waals surface area contributed by atoms with Crippen molar-refractivity contribution in [1.82, 2.24) is 9.97 Å². The molecule has 2 aromatic heterocycles. The third-order valence-electron chi connectivity index (χ3n) is 7.03. The number of para-hydroxylation sites is 1. The zero-order valence-corrected chi connectivity index (χ0v) is 20.3. The number of pyridine rings is 1. The molecule has 0 saturated carbocycles. The number of hydrogen-bond acceptors (Lipinski definition) is 4. The predicted molar refractivity (Wildman–Crippen MR) is 140 cm³/mol. The highest BCUT2D eigenvalue weighted by atomic mass is 16.3. The molecule has 0 aliphatic carbocycles. The van der Waals surface area contributed by atoms with Crippen molar-refractivity contribution in [2.75, 3.05) is 32.1 Å². The van der Waals surface area contributed by atoms with Crippen LogP contribution in [-0.4, -0.2) is 41.6 Å². The Morgan fingerprint density at radius 1 is 0.971 bits per heavy atom. The molecule has 1 aliphatic heterocycles. The van der Waals surface area contributed by atoms with E-state index in [4.69, 9.17) is 4.42 Å². The van der Waals surface area contributed by atoms with E-state index in [0.717, 1.165) is 46.6 Å². The molecule has 0 N–H and O–H groups in total. The highest BCUT2D eigenvalue weighted by Gasteiger charge is 2.22. The maximum Gasteiger partial charge on any atom is 0.222 e. The van der Waals surface area contributed by atoms with Gasteiger partial charge in [0.25, 0.3) is 0 Å². The fourth-order valence-corrected chi connectivity index (χ4v) is 4.51. The second-order valence-electron chi connectivity index (χ2n) is 9.19. The van der Waals surface area contributed by atoms with Crippen molar-refractivity contribution in [2.24, 2.45) is 0 Å². The van der Waals surface area contributed by atoms with E-state index in [1.807, 2.05) is 18.2 Å². The minimum absolute atomic E-state index is 0.560. The minimum Gasteiger partial charge on any atom is -0.435 e. The summed E-state index contributed by atoms with van der Waals surface area (Å²) in [6, 6.07) is 21.2. The van der Waals surface area contributed by atoms with Gasteiger partial charge < -0.3 is 13.8 Å². The summed E-state index contributed by atoms with van der Waals surface area (Å²) >= 11 is 0. The normalized spacial score (nSPS) is 15.0. The number of oxazole rings is 1. The Kier molecular flexibility index (Phi) is 5.80. The van der Waals surface area contributed by atoms with Gasteiger partial charge in [-0.1, -0.05) is 42.5 Å². The summed E-state index contributed by atoms with van der Waals surface area (Å²) in [5.74, 6) is 0.560. The molecule has 0 atom stereocenters. The summed E-state index contributed by atoms with van der Waals surface area (Å²) in [7, 11) is 4.45. The number of hydrogen-bond donors (Lipinski definition) is 0. The molecule has 5 heteroatoms. The molecular weight excluding hydrogens is 420 g/mol. The van der Waals surface area contributed by atoms with Gasteiger partial charge in [0.2, 0.25) is 5.89 Å². The zero-order chi connectivity index (χ0) is 23.7. The minimum atomic E-state index is 0.560. The van der Waals surface area contributed by atoms with E-state index >= 15 is 0 Å². The molecule has 4 aromatic rings. The van der Waals surface area contributed by atoms with E-state index in [-0.39, 0.29) is 0 Å². The molecule has 5 nitrogen and oxygen atoms in total. The number of aromatic nitrogens is 2. The van der Waals surface area contributed by atoms with Gasteiger partial charge in [0.15, 0.2) is 11.2 Å². The molecular formula is C29H31N4O+. The van der Waals surface area contributed by atoms with Crippen LogP contribution in [0.5, 0.6) is 0 Å². The summed E-state index contributed by atoms with van der Waals surface area (Å²) in [5.41, 5.74) is 8.40. The zero-order valence-electron chi connectivity index (χ0n) is 20.3. The van der Waals surface area contributed by atoms with Crippen molar-refractivity contribution in [2.45, 2.75) is 20.4 Å². The van der Waals surface area contributed by atoms with Crippen molar-refractivity contribution in [3.63, 3.8) is 0 Å². The quantitative estimate of drug-likeness (QED) is 0.325. The number of nitrogens with zero attached hydrogens (tertiary/aromatic N) is 4. The first-order valence-corrected chi connectivity index (χ1v) is 11.9. The van der Waals surface area contributed by atoms with E-state index in [2.05, 4.69) is 97.4 Å². The summed E-state index contributed by atoms with van der Waals surface area (Å²) in [5, 5.41) is 0. The van der Waals surface area contributed by atoms with E-state index < -0.39 is 0 Å². The molecule has 0 spiro atoms. The van der Waals surface area contributed by atoms with Gasteiger partial charge in [-0.25, -0.2) is 4.98 Å². The first-order chi connectivity index (χ1) is 16.5. The van der Waals surface area contributed by atoms with Gasteiger partial charge in [0.1, 0.15) is 6.54 Å². The maximum atomic E-state index is 5.94. The average molecular weight is 452 g/mol. The van der Waals surface area contributed by atoms with E-state index in [9.17, 15) is 0 Å². The van der Waals surface area contributed by atoms with Gasteiger partial charge in [-0.15, -0.1) is 0 Å². The standard InChI is InChI=1S/C29H31N4O/c1-5-33(4,6-2)20-21-13-15-22(16-14-21)26-18-23(24-10-7-8-11-25(24)32(26)3)19-28-31-29-27(34-28)12-9-17-30-29/h7-19H,5-6,20H2,1-4H3/q+1/b23-19+. The maximum absolute atomic E-state index is 5.94. The average Bonchev–Trinajstić information content (AvgIpc) is 3.29. The molecule has 3 heterocycles. The lowest BCUT2D eigenvalue weighted by Gasteiger charge is -2.32. The summed E-state index contributed by atoms with van der Waals surface area (Å²) in [6.07, 6.45) is 5.96. The molecule has 172 valence electrons. The highest BCUT2D eigenvalue weighted by molar-refractivity contribution is 6.02. The van der Waals surface area contributed by atoms with Gasteiger partial charge >= 0.3 is 0 Å². The molecule has 0 amide bonds. The molecule has 5 rings (SSSR count). The van der Waals surface area contributed by atoms with Gasteiger partial charge in [0, 0.05) is 41.8 Å². The van der Waals surface area contributed by atoms with Crippen LogP contribution in [0.15, 0.2) is 77.4 Å². The fourth-order valence-electron chi connectivity index (χ4n) is 4.51. The van der Waals surface area contributed by atoms with Crippen molar-refractivity contribution in [1.29, 1.82) is 0 Å². The summed E-state index contributed by atoms with van der Waals surface area (Å²) in [6.45, 7) is 7.82. The van der Waals surface area contributed by atoms with Crippen LogP contribution in [0.25, 0.3) is 28.6 Å². The molecule has 0 radical (unpaired) electrons. The Hall–Kier alpha value is -3.70. The van der Waals surface area contributed by atoms with E-state index in [1.54, 1.807) is 6.20 Å². The Morgan fingerprint density at radius 3 is 2.47 bits per heavy atom. The Balaban J connectivity index is 1.54. The molecule has 2 aromatic carbocycles. The van der Waals surface area contributed by atoms with Crippen LogP contribution in [0, 0.1) is 0 Å². The van der Waals surface area contributed by atoms with Crippen molar-refractivity contribution in [3.8, 4) is 0 Å². The third-order valence-corrected chi connectivity index (χ3v) is 7.03. The molecule has 0 saturated heterocycles. The highest BCUT2D eigenvalue weighted by Crippen LogP contribution is 2.39. The third kappa shape index (κ3) is 4.15. The lowest BCUT2D eigenvalue weighted by molar-refractivity contribution is -0.919. The largest absolute Gasteiger partial charge is 0.435 e. The number of allylic oxidation sites excluding steroid dienone is 2. The molecule has 0 fully saturated rings. The van der Waals surface area contributed by atoms with E-state index in [0.29, 0.717) is 17.1 Å². The Morgan fingerprint density at radius 2 is 1.74 bits per heavy atom. The second kappa shape index (κ2) is 8.92. The number of quaternary nitrogens is 1. The van der Waals surface area contributed by atoms with Crippen molar-refractivity contribution in [3.05, 3.63) is 95.5 Å². The SMILES string of the molecule is CC[N+](C)(CC)Cc1ccc(C2=C/C(=C\c3nc4ncccc4o3)c3ccccc3N2C)cc1. The number of benzene rings is 2. The number of anilines is 1. The molecule has 34 heavy (non-hydrogen) atoms. The van der Waals surface area contributed by atoms with Crippen LogP contribution in [0.1, 0.15) is 36.4 Å². The van der Waals surface area contributed by atoms with Gasteiger partial charge in [-0.05, 0) is 49.3 Å².